The van der Waals surface area contributed by atoms with Crippen LogP contribution in [-0.4, -0.2) is 39.9 Å². The zero-order chi connectivity index (χ0) is 13.3. The van der Waals surface area contributed by atoms with Crippen LogP contribution in [0, 0.1) is 0 Å². The van der Waals surface area contributed by atoms with E-state index in [-0.39, 0.29) is 24.8 Å². The minimum absolute atomic E-state index is 0.0773. The van der Waals surface area contributed by atoms with Gasteiger partial charge in [-0.3, -0.25) is 9.59 Å². The van der Waals surface area contributed by atoms with Gasteiger partial charge in [0.1, 0.15) is 0 Å². The highest BCUT2D eigenvalue weighted by atomic mass is 32.2. The minimum atomic E-state index is -0.928. The lowest BCUT2D eigenvalue weighted by atomic mass is 10.2. The molecular formula is C9H17N3O4S. The number of guanidine groups is 1. The van der Waals surface area contributed by atoms with Crippen molar-refractivity contribution in [2.75, 3.05) is 5.75 Å². The second kappa shape index (κ2) is 8.68. The molecule has 98 valence electrons. The van der Waals surface area contributed by atoms with E-state index in [2.05, 4.69) is 9.71 Å². The Hall–Kier alpha value is -1.44. The van der Waals surface area contributed by atoms with Crippen LogP contribution in [0.5, 0.6) is 0 Å². The zero-order valence-corrected chi connectivity index (χ0v) is 10.4. The van der Waals surface area contributed by atoms with Gasteiger partial charge in [-0.15, -0.1) is 0 Å². The number of nitrogens with two attached hydrogens (primary N) is 1. The Balaban J connectivity index is 3.70. The third-order valence-electron chi connectivity index (χ3n) is 1.64. The average molecular weight is 263 g/mol. The topological polar surface area (TPSA) is 125 Å². The van der Waals surface area contributed by atoms with Crippen molar-refractivity contribution in [2.24, 2.45) is 10.7 Å². The molecule has 0 spiro atoms. The zero-order valence-electron chi connectivity index (χ0n) is 9.55. The van der Waals surface area contributed by atoms with Crippen LogP contribution in [0.15, 0.2) is 4.99 Å². The van der Waals surface area contributed by atoms with Crippen molar-refractivity contribution in [1.82, 2.24) is 4.72 Å². The van der Waals surface area contributed by atoms with Crippen molar-refractivity contribution in [1.29, 1.82) is 0 Å². The summed E-state index contributed by atoms with van der Waals surface area (Å²) in [4.78, 5) is 24.5. The molecule has 8 heteroatoms. The molecule has 17 heavy (non-hydrogen) atoms. The van der Waals surface area contributed by atoms with Crippen LogP contribution in [-0.2, 0) is 9.59 Å². The highest BCUT2D eigenvalue weighted by Crippen LogP contribution is 2.01. The van der Waals surface area contributed by atoms with Crippen molar-refractivity contribution < 1.29 is 19.8 Å². The predicted molar refractivity (Wildman–Crippen MR) is 65.8 cm³/mol. The van der Waals surface area contributed by atoms with E-state index >= 15 is 0 Å². The Morgan fingerprint density at radius 2 is 2.06 bits per heavy atom. The van der Waals surface area contributed by atoms with E-state index in [1.54, 1.807) is 6.92 Å². The molecule has 0 aliphatic heterocycles. The molecule has 0 bridgehead atoms. The highest BCUT2D eigenvalue weighted by Gasteiger charge is 2.06. The number of rotatable bonds is 8. The largest absolute Gasteiger partial charge is 0.481 e. The molecular weight excluding hydrogens is 246 g/mol. The van der Waals surface area contributed by atoms with Crippen molar-refractivity contribution in [3.05, 3.63) is 0 Å². The molecule has 0 fully saturated rings. The molecule has 7 nitrogen and oxygen atoms in total. The van der Waals surface area contributed by atoms with Gasteiger partial charge in [0.2, 0.25) is 0 Å². The number of nitrogens with one attached hydrogen (secondary N) is 1. The van der Waals surface area contributed by atoms with Gasteiger partial charge in [-0.05, 0) is 13.3 Å². The maximum atomic E-state index is 10.4. The third kappa shape index (κ3) is 10.8. The standard InChI is InChI=1S/C9H17N3O4S/c1-6(5-8(15)16)11-9(10)12-17-4-2-3-7(13)14/h6H,2-5H2,1H3,(H,13,14)(H,15,16)(H3,10,11,12). The van der Waals surface area contributed by atoms with Crippen molar-refractivity contribution >= 4 is 29.8 Å². The summed E-state index contributed by atoms with van der Waals surface area (Å²) in [7, 11) is 0. The van der Waals surface area contributed by atoms with E-state index in [1.807, 2.05) is 0 Å². The lowest BCUT2D eigenvalue weighted by molar-refractivity contribution is -0.138. The minimum Gasteiger partial charge on any atom is -0.481 e. The fraction of sp³-hybridized carbons (Fsp3) is 0.667. The quantitative estimate of drug-likeness (QED) is 0.214. The van der Waals surface area contributed by atoms with Crippen LogP contribution in [0.1, 0.15) is 26.2 Å². The van der Waals surface area contributed by atoms with E-state index in [0.29, 0.717) is 12.2 Å². The molecule has 0 aliphatic carbocycles. The first-order valence-electron chi connectivity index (χ1n) is 5.06. The Bertz CT molecular complexity index is 296. The maximum absolute atomic E-state index is 10.4. The molecule has 1 unspecified atom stereocenters. The Labute approximate surface area is 104 Å². The summed E-state index contributed by atoms with van der Waals surface area (Å²) in [6, 6.07) is -0.389. The van der Waals surface area contributed by atoms with Crippen molar-refractivity contribution in [3.8, 4) is 0 Å². The first kappa shape index (κ1) is 15.6. The number of hydrogen-bond donors (Lipinski definition) is 4. The first-order chi connectivity index (χ1) is 7.91. The van der Waals surface area contributed by atoms with Gasteiger partial charge in [0.25, 0.3) is 0 Å². The molecule has 5 N–H and O–H groups in total. The summed E-state index contributed by atoms with van der Waals surface area (Å²) < 4.78 is 2.72. The van der Waals surface area contributed by atoms with Crippen LogP contribution in [0.2, 0.25) is 0 Å². The third-order valence-corrected chi connectivity index (χ3v) is 2.49. The lowest BCUT2D eigenvalue weighted by Gasteiger charge is -2.07. The van der Waals surface area contributed by atoms with Gasteiger partial charge in [0, 0.05) is 12.2 Å². The van der Waals surface area contributed by atoms with Crippen LogP contribution in [0.4, 0.5) is 0 Å². The van der Waals surface area contributed by atoms with Gasteiger partial charge < -0.3 is 20.7 Å². The summed E-state index contributed by atoms with van der Waals surface area (Å²) in [5, 5.41) is 16.9. The van der Waals surface area contributed by atoms with E-state index in [0.717, 1.165) is 0 Å². The molecule has 0 amide bonds. The summed E-state index contributed by atoms with van der Waals surface area (Å²) >= 11 is 1.25. The van der Waals surface area contributed by atoms with E-state index in [9.17, 15) is 9.59 Å². The molecule has 0 heterocycles. The lowest BCUT2D eigenvalue weighted by Crippen LogP contribution is -2.28. The molecule has 1 atom stereocenters. The fourth-order valence-corrected chi connectivity index (χ4v) is 1.57. The monoisotopic (exact) mass is 263 g/mol. The first-order valence-corrected chi connectivity index (χ1v) is 6.05. The highest BCUT2D eigenvalue weighted by molar-refractivity contribution is 7.97. The van der Waals surface area contributed by atoms with Crippen LogP contribution in [0.25, 0.3) is 0 Å². The fourth-order valence-electron chi connectivity index (χ4n) is 0.983. The molecule has 0 saturated carbocycles. The molecule has 0 saturated heterocycles. The van der Waals surface area contributed by atoms with Crippen LogP contribution < -0.4 is 10.5 Å². The van der Waals surface area contributed by atoms with E-state index in [4.69, 9.17) is 15.9 Å². The smallest absolute Gasteiger partial charge is 0.305 e. The summed E-state index contributed by atoms with van der Waals surface area (Å²) in [5.41, 5.74) is 5.50. The SMILES string of the molecule is CC(CC(=O)O)N=C(N)NSCCCC(=O)O. The summed E-state index contributed by atoms with van der Waals surface area (Å²) in [5.74, 6) is -1.01. The predicted octanol–water partition coefficient (Wildman–Crippen LogP) is 0.267. The number of carboxylic acids is 2. The van der Waals surface area contributed by atoms with Gasteiger partial charge in [-0.1, -0.05) is 11.9 Å². The number of nitrogens with zero attached hydrogens (tertiary/aromatic N) is 1. The number of aliphatic carboxylic acids is 2. The molecule has 0 rings (SSSR count). The second-order valence-electron chi connectivity index (χ2n) is 3.41. The van der Waals surface area contributed by atoms with Crippen molar-refractivity contribution in [3.63, 3.8) is 0 Å². The van der Waals surface area contributed by atoms with Crippen LogP contribution in [0.3, 0.4) is 0 Å². The number of carbonyl (C=O) groups is 2. The molecule has 0 aromatic carbocycles. The van der Waals surface area contributed by atoms with Crippen molar-refractivity contribution in [2.45, 2.75) is 32.2 Å². The van der Waals surface area contributed by atoms with Gasteiger partial charge in [0.15, 0.2) is 5.96 Å². The molecule has 0 aromatic rings. The van der Waals surface area contributed by atoms with Gasteiger partial charge in [0.05, 0.1) is 12.5 Å². The molecule has 0 radical (unpaired) electrons. The second-order valence-corrected chi connectivity index (χ2v) is 4.31. The van der Waals surface area contributed by atoms with E-state index < -0.39 is 11.9 Å². The Morgan fingerprint density at radius 3 is 2.59 bits per heavy atom. The van der Waals surface area contributed by atoms with Crippen LogP contribution >= 0.6 is 11.9 Å². The summed E-state index contributed by atoms with van der Waals surface area (Å²) in [6.07, 6.45) is 0.568. The Morgan fingerprint density at radius 1 is 1.41 bits per heavy atom. The normalized spacial score (nSPS) is 13.1. The maximum Gasteiger partial charge on any atom is 0.305 e. The number of carboxylic acid groups (broad SMARTS) is 2. The summed E-state index contributed by atoms with van der Waals surface area (Å²) in [6.45, 7) is 1.65. The van der Waals surface area contributed by atoms with Gasteiger partial charge in [-0.25, -0.2) is 4.99 Å². The van der Waals surface area contributed by atoms with Gasteiger partial charge >= 0.3 is 11.9 Å². The van der Waals surface area contributed by atoms with E-state index in [1.165, 1.54) is 11.9 Å². The number of hydrogen-bond acceptors (Lipinski definition) is 4. The van der Waals surface area contributed by atoms with Gasteiger partial charge in [-0.2, -0.15) is 0 Å². The average Bonchev–Trinajstić information content (AvgIpc) is 2.14. The Kier molecular flexibility index (Phi) is 7.95. The number of aliphatic imine (C=N–C) groups is 1. The molecule has 0 aromatic heterocycles. The molecule has 0 aliphatic rings.